The first kappa shape index (κ1) is 21.0. The van der Waals surface area contributed by atoms with Crippen LogP contribution in [0.15, 0.2) is 48.9 Å². The highest BCUT2D eigenvalue weighted by atomic mass is 35.5. The van der Waals surface area contributed by atoms with E-state index in [9.17, 15) is 8.78 Å². The van der Waals surface area contributed by atoms with Crippen molar-refractivity contribution in [3.05, 3.63) is 59.8 Å². The molecular weight excluding hydrogens is 462 g/mol. The Morgan fingerprint density at radius 2 is 1.97 bits per heavy atom. The maximum Gasteiger partial charge on any atom is 0.248 e. The third-order valence-corrected chi connectivity index (χ3v) is 6.33. The molecule has 34 heavy (non-hydrogen) atoms. The molecule has 1 N–H and O–H groups in total. The maximum atomic E-state index is 13.1. The lowest BCUT2D eigenvalue weighted by Gasteiger charge is -2.34. The largest absolute Gasteiger partial charge is 0.456 e. The van der Waals surface area contributed by atoms with E-state index in [1.807, 2.05) is 25.1 Å². The number of aryl methyl sites for hydroxylation is 1. The first-order valence-corrected chi connectivity index (χ1v) is 11.2. The molecule has 0 saturated heterocycles. The van der Waals surface area contributed by atoms with E-state index < -0.39 is 5.92 Å². The number of ether oxygens (including phenoxy) is 1. The van der Waals surface area contributed by atoms with Crippen molar-refractivity contribution < 1.29 is 13.5 Å². The smallest absolute Gasteiger partial charge is 0.248 e. The second kappa shape index (κ2) is 7.73. The number of aromatic nitrogens is 6. The number of hydrogen-bond donors (Lipinski definition) is 1. The highest BCUT2D eigenvalue weighted by Crippen LogP contribution is 2.43. The fourth-order valence-electron chi connectivity index (χ4n) is 4.33. The minimum absolute atomic E-state index is 0.0653. The molecule has 3 heterocycles. The lowest BCUT2D eigenvalue weighted by Crippen LogP contribution is -2.37. The van der Waals surface area contributed by atoms with Crippen LogP contribution in [0.25, 0.3) is 33.3 Å². The predicted octanol–water partition coefficient (Wildman–Crippen LogP) is 6.17. The summed E-state index contributed by atoms with van der Waals surface area (Å²) in [5.41, 5.74) is 4.19. The molecule has 1 fully saturated rings. The SMILES string of the molecule is Cc1nc2ccc(Oc3ccc4ncc(-c5cnn(CC6CC(F)(F)C6)c5)nc4c3Cl)cc2[nH]1. The molecule has 1 aliphatic rings. The van der Waals surface area contributed by atoms with Crippen LogP contribution in [-0.2, 0) is 6.54 Å². The normalized spacial score (nSPS) is 15.6. The molecule has 6 rings (SSSR count). The molecule has 0 atom stereocenters. The standard InChI is InChI=1S/C24H19ClF2N6O/c1-13-30-17-3-2-16(6-19(17)31-13)34-21-5-4-18-23(22(21)25)32-20(10-28-18)15-9-29-33(12-15)11-14-7-24(26,27)8-14/h2-6,9-10,12,14H,7-8,11H2,1H3,(H,30,31). The number of rotatable bonds is 5. The van der Waals surface area contributed by atoms with E-state index in [1.54, 1.807) is 35.4 Å². The Morgan fingerprint density at radius 3 is 2.79 bits per heavy atom. The summed E-state index contributed by atoms with van der Waals surface area (Å²) in [5.74, 6) is -0.705. The van der Waals surface area contributed by atoms with E-state index in [2.05, 4.69) is 25.0 Å². The molecule has 172 valence electrons. The molecule has 0 amide bonds. The van der Waals surface area contributed by atoms with Crippen LogP contribution < -0.4 is 4.74 Å². The van der Waals surface area contributed by atoms with Gasteiger partial charge in [0.1, 0.15) is 27.9 Å². The van der Waals surface area contributed by atoms with Crippen LogP contribution in [0, 0.1) is 12.8 Å². The van der Waals surface area contributed by atoms with Gasteiger partial charge in [-0.25, -0.2) is 18.7 Å². The van der Waals surface area contributed by atoms with Crippen molar-refractivity contribution in [2.45, 2.75) is 32.2 Å². The Hall–Kier alpha value is -3.59. The van der Waals surface area contributed by atoms with Crippen LogP contribution in [0.4, 0.5) is 8.78 Å². The quantitative estimate of drug-likeness (QED) is 0.325. The molecule has 1 aliphatic carbocycles. The first-order chi connectivity index (χ1) is 16.3. The van der Waals surface area contributed by atoms with E-state index in [-0.39, 0.29) is 18.8 Å². The summed E-state index contributed by atoms with van der Waals surface area (Å²) in [5, 5.41) is 4.65. The second-order valence-electron chi connectivity index (χ2n) is 8.69. The van der Waals surface area contributed by atoms with Gasteiger partial charge in [0.15, 0.2) is 0 Å². The van der Waals surface area contributed by atoms with Gasteiger partial charge in [-0.2, -0.15) is 5.10 Å². The zero-order valence-electron chi connectivity index (χ0n) is 18.1. The summed E-state index contributed by atoms with van der Waals surface area (Å²) in [7, 11) is 0. The van der Waals surface area contributed by atoms with Crippen molar-refractivity contribution in [1.29, 1.82) is 0 Å². The molecule has 1 saturated carbocycles. The Bertz CT molecular complexity index is 1540. The second-order valence-corrected chi connectivity index (χ2v) is 9.06. The van der Waals surface area contributed by atoms with Crippen LogP contribution in [0.1, 0.15) is 18.7 Å². The van der Waals surface area contributed by atoms with Crippen molar-refractivity contribution in [2.24, 2.45) is 5.92 Å². The molecule has 10 heteroatoms. The summed E-state index contributed by atoms with van der Waals surface area (Å²) < 4.78 is 33.9. The number of nitrogens with one attached hydrogen (secondary N) is 1. The number of alkyl halides is 2. The van der Waals surface area contributed by atoms with E-state index in [0.717, 1.165) is 22.4 Å². The Morgan fingerprint density at radius 1 is 1.15 bits per heavy atom. The van der Waals surface area contributed by atoms with E-state index in [1.165, 1.54) is 0 Å². The first-order valence-electron chi connectivity index (χ1n) is 10.8. The zero-order valence-corrected chi connectivity index (χ0v) is 18.9. The number of aromatic amines is 1. The molecule has 3 aromatic heterocycles. The predicted molar refractivity (Wildman–Crippen MR) is 124 cm³/mol. The van der Waals surface area contributed by atoms with Crippen molar-refractivity contribution in [1.82, 2.24) is 29.7 Å². The fraction of sp³-hybridized carbons (Fsp3) is 0.250. The summed E-state index contributed by atoms with van der Waals surface area (Å²) in [6, 6.07) is 9.13. The van der Waals surface area contributed by atoms with Gasteiger partial charge in [0.05, 0.1) is 34.6 Å². The van der Waals surface area contributed by atoms with Crippen LogP contribution in [-0.4, -0.2) is 35.6 Å². The lowest BCUT2D eigenvalue weighted by molar-refractivity contribution is -0.114. The number of hydrogen-bond acceptors (Lipinski definition) is 5. The number of halogens is 3. The summed E-state index contributed by atoms with van der Waals surface area (Å²) in [6.07, 6.45) is 4.91. The van der Waals surface area contributed by atoms with Crippen LogP contribution in [0.3, 0.4) is 0 Å². The van der Waals surface area contributed by atoms with Crippen LogP contribution in [0.5, 0.6) is 11.5 Å². The minimum atomic E-state index is -2.54. The van der Waals surface area contributed by atoms with Gasteiger partial charge >= 0.3 is 0 Å². The average Bonchev–Trinajstić information content (AvgIpc) is 3.39. The highest BCUT2D eigenvalue weighted by Gasteiger charge is 2.45. The molecule has 0 spiro atoms. The molecule has 2 aromatic carbocycles. The molecule has 0 aliphatic heterocycles. The molecular formula is C24H19ClF2N6O. The number of H-pyrrole nitrogens is 1. The van der Waals surface area contributed by atoms with Gasteiger partial charge in [-0.15, -0.1) is 0 Å². The van der Waals surface area contributed by atoms with E-state index in [0.29, 0.717) is 39.8 Å². The average molecular weight is 481 g/mol. The van der Waals surface area contributed by atoms with Crippen molar-refractivity contribution in [2.75, 3.05) is 0 Å². The Balaban J connectivity index is 1.27. The molecule has 7 nitrogen and oxygen atoms in total. The monoisotopic (exact) mass is 480 g/mol. The summed E-state index contributed by atoms with van der Waals surface area (Å²) in [4.78, 5) is 16.7. The Kier molecular flexibility index (Phi) is 4.77. The molecule has 5 aromatic rings. The maximum absolute atomic E-state index is 13.1. The lowest BCUT2D eigenvalue weighted by atomic mass is 9.81. The molecule has 0 unspecified atom stereocenters. The van der Waals surface area contributed by atoms with E-state index >= 15 is 0 Å². The van der Waals surface area contributed by atoms with Gasteiger partial charge < -0.3 is 9.72 Å². The molecule has 0 bridgehead atoms. The number of nitrogens with zero attached hydrogens (tertiary/aromatic N) is 5. The van der Waals surface area contributed by atoms with Gasteiger partial charge in [0.25, 0.3) is 0 Å². The summed E-state index contributed by atoms with van der Waals surface area (Å²) in [6.45, 7) is 2.35. The number of fused-ring (bicyclic) bond motifs is 2. The van der Waals surface area contributed by atoms with Crippen molar-refractivity contribution >= 4 is 33.7 Å². The van der Waals surface area contributed by atoms with Crippen molar-refractivity contribution in [3.63, 3.8) is 0 Å². The van der Waals surface area contributed by atoms with Gasteiger partial charge in [0, 0.05) is 37.2 Å². The van der Waals surface area contributed by atoms with Gasteiger partial charge in [-0.05, 0) is 37.1 Å². The molecule has 0 radical (unpaired) electrons. The minimum Gasteiger partial charge on any atom is -0.456 e. The van der Waals surface area contributed by atoms with Crippen molar-refractivity contribution in [3.8, 4) is 22.8 Å². The van der Waals surface area contributed by atoms with Gasteiger partial charge in [-0.1, -0.05) is 11.6 Å². The third-order valence-electron chi connectivity index (χ3n) is 5.97. The van der Waals surface area contributed by atoms with Crippen LogP contribution >= 0.6 is 11.6 Å². The number of imidazole rings is 1. The third kappa shape index (κ3) is 3.86. The zero-order chi connectivity index (χ0) is 23.4. The van der Waals surface area contributed by atoms with E-state index in [4.69, 9.17) is 16.3 Å². The topological polar surface area (TPSA) is 81.5 Å². The highest BCUT2D eigenvalue weighted by molar-refractivity contribution is 6.36. The Labute approximate surface area is 197 Å². The summed E-state index contributed by atoms with van der Waals surface area (Å²) >= 11 is 6.66. The van der Waals surface area contributed by atoms with Gasteiger partial charge in [0.2, 0.25) is 5.92 Å². The number of benzene rings is 2. The van der Waals surface area contributed by atoms with Gasteiger partial charge in [-0.3, -0.25) is 9.67 Å². The fourth-order valence-corrected chi connectivity index (χ4v) is 4.57. The van der Waals surface area contributed by atoms with Crippen LogP contribution in [0.2, 0.25) is 5.02 Å².